The van der Waals surface area contributed by atoms with Gasteiger partial charge in [-0.3, -0.25) is 19.3 Å². The molecule has 1 aromatic rings. The number of allylic oxidation sites excluding steroid dienone is 2. The maximum atomic E-state index is 12.3. The van der Waals surface area contributed by atoms with Gasteiger partial charge in [-0.25, -0.2) is 0 Å². The zero-order valence-electron chi connectivity index (χ0n) is 13.2. The molecule has 0 saturated carbocycles. The average Bonchev–Trinajstić information content (AvgIpc) is 2.82. The predicted molar refractivity (Wildman–Crippen MR) is 90.2 cm³/mol. The molecule has 1 aromatic carbocycles. The van der Waals surface area contributed by atoms with Gasteiger partial charge in [0.25, 0.3) is 0 Å². The zero-order chi connectivity index (χ0) is 17.1. The Morgan fingerprint density at radius 3 is 2.25 bits per heavy atom. The molecule has 3 rings (SSSR count). The molecule has 3 amide bonds. The number of hydrogen-bond acceptors (Lipinski definition) is 3. The van der Waals surface area contributed by atoms with Crippen LogP contribution in [0.15, 0.2) is 36.4 Å². The maximum absolute atomic E-state index is 12.3. The van der Waals surface area contributed by atoms with E-state index in [9.17, 15) is 14.4 Å². The second kappa shape index (κ2) is 7.18. The number of carbonyl (C=O) groups is 3. The molecule has 0 unspecified atom stereocenters. The molecular formula is C18H19ClN2O3. The summed E-state index contributed by atoms with van der Waals surface area (Å²) in [6.45, 7) is 0.260. The Kier molecular flexibility index (Phi) is 5.00. The topological polar surface area (TPSA) is 66.5 Å². The minimum atomic E-state index is -0.308. The fraction of sp³-hybridized carbons (Fsp3) is 0.389. The number of rotatable bonds is 5. The number of carbonyl (C=O) groups excluding carboxylic acids is 3. The standard InChI is InChI=1S/C18H19ClN2O3/c19-13-7-5-12(6-8-13)9-10-20-16(22)11-21-17(23)14-3-1-2-4-15(14)18(21)24/h1-2,5-8,14-15H,3-4,9-11H2,(H,20,22)/t14-,15+. The molecule has 0 bridgehead atoms. The number of halogens is 1. The number of nitrogens with one attached hydrogen (secondary N) is 1. The summed E-state index contributed by atoms with van der Waals surface area (Å²) in [5, 5.41) is 3.43. The smallest absolute Gasteiger partial charge is 0.240 e. The minimum Gasteiger partial charge on any atom is -0.354 e. The molecule has 6 heteroatoms. The SMILES string of the molecule is O=C(CN1C(=O)[C@H]2CC=CC[C@H]2C1=O)NCCc1ccc(Cl)cc1. The van der Waals surface area contributed by atoms with E-state index in [1.54, 1.807) is 12.1 Å². The molecule has 1 aliphatic carbocycles. The number of fused-ring (bicyclic) bond motifs is 1. The maximum Gasteiger partial charge on any atom is 0.240 e. The number of likely N-dealkylation sites (tertiary alicyclic amines) is 1. The predicted octanol–water partition coefficient (Wildman–Crippen LogP) is 1.95. The quantitative estimate of drug-likeness (QED) is 0.654. The van der Waals surface area contributed by atoms with Gasteiger partial charge in [-0.2, -0.15) is 0 Å². The summed E-state index contributed by atoms with van der Waals surface area (Å²) in [6.07, 6.45) is 5.71. The van der Waals surface area contributed by atoms with Crippen molar-refractivity contribution in [1.29, 1.82) is 0 Å². The van der Waals surface area contributed by atoms with Crippen molar-refractivity contribution in [1.82, 2.24) is 10.2 Å². The largest absolute Gasteiger partial charge is 0.354 e. The lowest BCUT2D eigenvalue weighted by atomic mass is 9.85. The van der Waals surface area contributed by atoms with Crippen molar-refractivity contribution in [3.63, 3.8) is 0 Å². The molecule has 5 nitrogen and oxygen atoms in total. The van der Waals surface area contributed by atoms with E-state index in [1.807, 2.05) is 24.3 Å². The van der Waals surface area contributed by atoms with Gasteiger partial charge < -0.3 is 5.32 Å². The highest BCUT2D eigenvalue weighted by atomic mass is 35.5. The molecule has 1 saturated heterocycles. The minimum absolute atomic E-state index is 0.189. The Balaban J connectivity index is 1.49. The number of benzene rings is 1. The summed E-state index contributed by atoms with van der Waals surface area (Å²) in [5.41, 5.74) is 1.06. The second-order valence-corrected chi connectivity index (χ2v) is 6.58. The Hall–Kier alpha value is -2.14. The van der Waals surface area contributed by atoms with Gasteiger partial charge in [0.1, 0.15) is 6.54 Å². The zero-order valence-corrected chi connectivity index (χ0v) is 14.0. The molecule has 0 spiro atoms. The van der Waals surface area contributed by atoms with Crippen LogP contribution >= 0.6 is 11.6 Å². The van der Waals surface area contributed by atoms with E-state index in [0.717, 1.165) is 10.5 Å². The lowest BCUT2D eigenvalue weighted by molar-refractivity contribution is -0.143. The molecule has 1 fully saturated rings. The van der Waals surface area contributed by atoms with Crippen LogP contribution in [0.5, 0.6) is 0 Å². The summed E-state index contributed by atoms with van der Waals surface area (Å²) >= 11 is 5.83. The van der Waals surface area contributed by atoms with Gasteiger partial charge >= 0.3 is 0 Å². The number of imide groups is 1. The fourth-order valence-electron chi connectivity index (χ4n) is 3.22. The lowest BCUT2D eigenvalue weighted by Crippen LogP contribution is -2.41. The van der Waals surface area contributed by atoms with Crippen LogP contribution in [-0.2, 0) is 20.8 Å². The third-order valence-corrected chi connectivity index (χ3v) is 4.80. The van der Waals surface area contributed by atoms with Gasteiger partial charge in [-0.05, 0) is 37.0 Å². The van der Waals surface area contributed by atoms with Gasteiger partial charge in [0.2, 0.25) is 17.7 Å². The highest BCUT2D eigenvalue weighted by Gasteiger charge is 2.47. The summed E-state index contributed by atoms with van der Waals surface area (Å²) in [5.74, 6) is -1.32. The highest BCUT2D eigenvalue weighted by Crippen LogP contribution is 2.34. The van der Waals surface area contributed by atoms with Crippen molar-refractivity contribution in [3.05, 3.63) is 47.0 Å². The Morgan fingerprint density at radius 1 is 1.08 bits per heavy atom. The van der Waals surface area contributed by atoms with Crippen molar-refractivity contribution < 1.29 is 14.4 Å². The van der Waals surface area contributed by atoms with Gasteiger partial charge in [0, 0.05) is 11.6 Å². The van der Waals surface area contributed by atoms with Gasteiger partial charge in [0.15, 0.2) is 0 Å². The third kappa shape index (κ3) is 3.51. The van der Waals surface area contributed by atoms with Crippen molar-refractivity contribution in [2.45, 2.75) is 19.3 Å². The monoisotopic (exact) mass is 346 g/mol. The molecule has 2 atom stereocenters. The van der Waals surface area contributed by atoms with Gasteiger partial charge in [-0.1, -0.05) is 35.9 Å². The van der Waals surface area contributed by atoms with Crippen LogP contribution in [0.4, 0.5) is 0 Å². The number of hydrogen-bond donors (Lipinski definition) is 1. The van der Waals surface area contributed by atoms with Gasteiger partial charge in [0.05, 0.1) is 11.8 Å². The van der Waals surface area contributed by atoms with E-state index >= 15 is 0 Å². The van der Waals surface area contributed by atoms with Crippen LogP contribution in [-0.4, -0.2) is 35.7 Å². The van der Waals surface area contributed by atoms with E-state index in [4.69, 9.17) is 11.6 Å². The second-order valence-electron chi connectivity index (χ2n) is 6.14. The fourth-order valence-corrected chi connectivity index (χ4v) is 3.35. The molecule has 126 valence electrons. The van der Waals surface area contributed by atoms with E-state index in [2.05, 4.69) is 5.32 Å². The third-order valence-electron chi connectivity index (χ3n) is 4.55. The summed E-state index contributed by atoms with van der Waals surface area (Å²) in [4.78, 5) is 37.7. The van der Waals surface area contributed by atoms with Crippen molar-refractivity contribution in [2.24, 2.45) is 11.8 Å². The molecule has 2 aliphatic rings. The Labute approximate surface area is 145 Å². The van der Waals surface area contributed by atoms with Crippen LogP contribution in [0.1, 0.15) is 18.4 Å². The van der Waals surface area contributed by atoms with Crippen molar-refractivity contribution in [3.8, 4) is 0 Å². The first-order valence-electron chi connectivity index (χ1n) is 8.07. The van der Waals surface area contributed by atoms with Crippen LogP contribution in [0, 0.1) is 11.8 Å². The molecule has 1 N–H and O–H groups in total. The van der Waals surface area contributed by atoms with E-state index < -0.39 is 0 Å². The molecule has 0 radical (unpaired) electrons. The summed E-state index contributed by atoms with van der Waals surface area (Å²) in [6, 6.07) is 7.41. The van der Waals surface area contributed by atoms with Crippen LogP contribution in [0.2, 0.25) is 5.02 Å². The summed E-state index contributed by atoms with van der Waals surface area (Å²) < 4.78 is 0. The van der Waals surface area contributed by atoms with E-state index in [0.29, 0.717) is 30.8 Å². The normalized spacial score (nSPS) is 22.6. The van der Waals surface area contributed by atoms with E-state index in [-0.39, 0.29) is 36.1 Å². The lowest BCUT2D eigenvalue weighted by Gasteiger charge is -2.14. The first-order chi connectivity index (χ1) is 11.6. The molecule has 0 aromatic heterocycles. The van der Waals surface area contributed by atoms with Crippen molar-refractivity contribution >= 4 is 29.3 Å². The van der Waals surface area contributed by atoms with E-state index in [1.165, 1.54) is 0 Å². The Bertz CT molecular complexity index is 658. The molecule has 1 aliphatic heterocycles. The molecular weight excluding hydrogens is 328 g/mol. The Morgan fingerprint density at radius 2 is 1.67 bits per heavy atom. The highest BCUT2D eigenvalue weighted by molar-refractivity contribution is 6.30. The first kappa shape index (κ1) is 16.7. The average molecular weight is 347 g/mol. The first-order valence-corrected chi connectivity index (χ1v) is 8.45. The van der Waals surface area contributed by atoms with Crippen LogP contribution < -0.4 is 5.32 Å². The molecule has 24 heavy (non-hydrogen) atoms. The van der Waals surface area contributed by atoms with Crippen LogP contribution in [0.3, 0.4) is 0 Å². The number of nitrogens with zero attached hydrogens (tertiary/aromatic N) is 1. The number of amides is 3. The summed E-state index contributed by atoms with van der Waals surface area (Å²) in [7, 11) is 0. The van der Waals surface area contributed by atoms with Crippen LogP contribution in [0.25, 0.3) is 0 Å². The molecule has 1 heterocycles. The van der Waals surface area contributed by atoms with Gasteiger partial charge in [-0.15, -0.1) is 0 Å². The van der Waals surface area contributed by atoms with Crippen molar-refractivity contribution in [2.75, 3.05) is 13.1 Å².